The SMILES string of the molecule is C[C@@H](NC(=O)[C@@H]1SCCc2ccccc21)c1ccccc1-n1cccn1. The molecule has 4 nitrogen and oxygen atoms in total. The Labute approximate surface area is 157 Å². The molecule has 0 saturated heterocycles. The standard InChI is InChI=1S/C21H21N3OS/c1-15(17-8-4-5-10-19(17)24-13-6-12-22-24)23-21(25)20-18-9-3-2-7-16(18)11-14-26-20/h2-10,12-13,15,20H,11,14H2,1H3,(H,23,25)/t15-,20-/m1/s1. The molecule has 0 bridgehead atoms. The van der Waals surface area contributed by atoms with Crippen molar-refractivity contribution in [1.29, 1.82) is 0 Å². The summed E-state index contributed by atoms with van der Waals surface area (Å²) in [5.41, 5.74) is 4.48. The molecule has 3 aromatic rings. The summed E-state index contributed by atoms with van der Waals surface area (Å²) in [6.45, 7) is 2.03. The lowest BCUT2D eigenvalue weighted by atomic mass is 10.0. The van der Waals surface area contributed by atoms with E-state index in [1.54, 1.807) is 18.0 Å². The minimum Gasteiger partial charge on any atom is -0.348 e. The lowest BCUT2D eigenvalue weighted by Gasteiger charge is -2.26. The van der Waals surface area contributed by atoms with E-state index in [1.807, 2.05) is 60.3 Å². The van der Waals surface area contributed by atoms with Crippen LogP contribution in [0.5, 0.6) is 0 Å². The first-order valence-electron chi connectivity index (χ1n) is 8.83. The maximum atomic E-state index is 13.0. The van der Waals surface area contributed by atoms with Gasteiger partial charge in [0.1, 0.15) is 5.25 Å². The highest BCUT2D eigenvalue weighted by Crippen LogP contribution is 2.37. The van der Waals surface area contributed by atoms with E-state index in [2.05, 4.69) is 22.5 Å². The van der Waals surface area contributed by atoms with Gasteiger partial charge in [-0.05, 0) is 47.9 Å². The zero-order valence-electron chi connectivity index (χ0n) is 14.6. The maximum absolute atomic E-state index is 13.0. The molecule has 2 aromatic carbocycles. The molecule has 0 radical (unpaired) electrons. The highest BCUT2D eigenvalue weighted by molar-refractivity contribution is 8.00. The molecule has 0 spiro atoms. The van der Waals surface area contributed by atoms with Crippen LogP contribution in [-0.4, -0.2) is 21.4 Å². The van der Waals surface area contributed by atoms with Crippen molar-refractivity contribution in [1.82, 2.24) is 15.1 Å². The average molecular weight is 363 g/mol. The van der Waals surface area contributed by atoms with Crippen LogP contribution in [-0.2, 0) is 11.2 Å². The van der Waals surface area contributed by atoms with E-state index in [1.165, 1.54) is 5.56 Å². The fourth-order valence-corrected chi connectivity index (χ4v) is 4.65. The van der Waals surface area contributed by atoms with Crippen molar-refractivity contribution in [2.45, 2.75) is 24.6 Å². The van der Waals surface area contributed by atoms with E-state index in [-0.39, 0.29) is 17.2 Å². The first-order valence-corrected chi connectivity index (χ1v) is 9.87. The Morgan fingerprint density at radius 2 is 2.00 bits per heavy atom. The van der Waals surface area contributed by atoms with Crippen LogP contribution in [0.3, 0.4) is 0 Å². The number of nitrogens with zero attached hydrogens (tertiary/aromatic N) is 2. The van der Waals surface area contributed by atoms with E-state index in [0.29, 0.717) is 0 Å². The summed E-state index contributed by atoms with van der Waals surface area (Å²) >= 11 is 1.72. The van der Waals surface area contributed by atoms with E-state index in [0.717, 1.165) is 29.0 Å². The summed E-state index contributed by atoms with van der Waals surface area (Å²) in [4.78, 5) is 13.0. The van der Waals surface area contributed by atoms with Gasteiger partial charge in [-0.15, -0.1) is 11.8 Å². The number of hydrogen-bond donors (Lipinski definition) is 1. The second-order valence-corrected chi connectivity index (χ2v) is 7.65. The number of rotatable bonds is 4. The van der Waals surface area contributed by atoms with Gasteiger partial charge in [0, 0.05) is 12.4 Å². The van der Waals surface area contributed by atoms with Crippen LogP contribution >= 0.6 is 11.8 Å². The van der Waals surface area contributed by atoms with Crippen molar-refractivity contribution in [3.05, 3.63) is 83.7 Å². The third-order valence-corrected chi connectivity index (χ3v) is 5.99. The highest BCUT2D eigenvalue weighted by Gasteiger charge is 2.28. The van der Waals surface area contributed by atoms with Gasteiger partial charge in [0.15, 0.2) is 0 Å². The molecule has 5 heteroatoms. The number of carbonyl (C=O) groups excluding carboxylic acids is 1. The predicted octanol–water partition coefficient (Wildman–Crippen LogP) is 4.08. The summed E-state index contributed by atoms with van der Waals surface area (Å²) in [7, 11) is 0. The van der Waals surface area contributed by atoms with Crippen LogP contribution in [0.2, 0.25) is 0 Å². The summed E-state index contributed by atoms with van der Waals surface area (Å²) < 4.78 is 1.84. The van der Waals surface area contributed by atoms with E-state index in [9.17, 15) is 4.79 Å². The number of benzene rings is 2. The molecule has 2 atom stereocenters. The van der Waals surface area contributed by atoms with E-state index in [4.69, 9.17) is 0 Å². The number of carbonyl (C=O) groups is 1. The number of hydrogen-bond acceptors (Lipinski definition) is 3. The van der Waals surface area contributed by atoms with Crippen molar-refractivity contribution >= 4 is 17.7 Å². The fraction of sp³-hybridized carbons (Fsp3) is 0.238. The molecule has 0 saturated carbocycles. The zero-order chi connectivity index (χ0) is 17.9. The molecule has 1 N–H and O–H groups in total. The summed E-state index contributed by atoms with van der Waals surface area (Å²) in [6.07, 6.45) is 4.71. The number of fused-ring (bicyclic) bond motifs is 1. The Kier molecular flexibility index (Phi) is 4.80. The van der Waals surface area contributed by atoms with Crippen LogP contribution in [0.4, 0.5) is 0 Å². The highest BCUT2D eigenvalue weighted by atomic mass is 32.2. The largest absolute Gasteiger partial charge is 0.348 e. The van der Waals surface area contributed by atoms with Gasteiger partial charge in [-0.1, -0.05) is 42.5 Å². The molecule has 0 fully saturated rings. The minimum absolute atomic E-state index is 0.0740. The number of aromatic nitrogens is 2. The Morgan fingerprint density at radius 1 is 1.19 bits per heavy atom. The molecule has 1 aliphatic heterocycles. The van der Waals surface area contributed by atoms with Gasteiger partial charge in [-0.25, -0.2) is 4.68 Å². The third kappa shape index (κ3) is 3.27. The van der Waals surface area contributed by atoms with Gasteiger partial charge in [-0.2, -0.15) is 5.10 Å². The predicted molar refractivity (Wildman–Crippen MR) is 105 cm³/mol. The molecule has 0 unspecified atom stereocenters. The number of thioether (sulfide) groups is 1. The van der Waals surface area contributed by atoms with Crippen molar-refractivity contribution in [3.8, 4) is 5.69 Å². The molecule has 26 heavy (non-hydrogen) atoms. The second kappa shape index (κ2) is 7.38. The molecule has 0 aliphatic carbocycles. The zero-order valence-corrected chi connectivity index (χ0v) is 15.4. The monoisotopic (exact) mass is 363 g/mol. The van der Waals surface area contributed by atoms with Gasteiger partial charge in [0.2, 0.25) is 5.91 Å². The second-order valence-electron chi connectivity index (χ2n) is 6.44. The number of para-hydroxylation sites is 1. The summed E-state index contributed by atoms with van der Waals surface area (Å²) in [6, 6.07) is 18.1. The molecule has 1 amide bonds. The number of amides is 1. The molecule has 2 heterocycles. The quantitative estimate of drug-likeness (QED) is 0.760. The Morgan fingerprint density at radius 3 is 2.85 bits per heavy atom. The van der Waals surface area contributed by atoms with Gasteiger partial charge >= 0.3 is 0 Å². The third-order valence-electron chi connectivity index (χ3n) is 4.74. The molecule has 1 aromatic heterocycles. The molecular weight excluding hydrogens is 342 g/mol. The molecule has 132 valence electrons. The lowest BCUT2D eigenvalue weighted by molar-refractivity contribution is -0.121. The summed E-state index contributed by atoms with van der Waals surface area (Å²) in [5, 5.41) is 7.40. The molecule has 1 aliphatic rings. The Balaban J connectivity index is 1.57. The van der Waals surface area contributed by atoms with Gasteiger partial charge < -0.3 is 5.32 Å². The van der Waals surface area contributed by atoms with Crippen molar-refractivity contribution in [2.75, 3.05) is 5.75 Å². The van der Waals surface area contributed by atoms with Gasteiger partial charge in [-0.3, -0.25) is 4.79 Å². The van der Waals surface area contributed by atoms with Crippen molar-refractivity contribution in [3.63, 3.8) is 0 Å². The molecular formula is C21H21N3OS. The summed E-state index contributed by atoms with van der Waals surface area (Å²) in [5.74, 6) is 1.05. The topological polar surface area (TPSA) is 46.9 Å². The lowest BCUT2D eigenvalue weighted by Crippen LogP contribution is -2.32. The van der Waals surface area contributed by atoms with E-state index < -0.39 is 0 Å². The van der Waals surface area contributed by atoms with Gasteiger partial charge in [0.25, 0.3) is 0 Å². The van der Waals surface area contributed by atoms with E-state index >= 15 is 0 Å². The first kappa shape index (κ1) is 16.9. The first-order chi connectivity index (χ1) is 12.7. The average Bonchev–Trinajstić information content (AvgIpc) is 3.22. The van der Waals surface area contributed by atoms with Crippen LogP contribution < -0.4 is 5.32 Å². The van der Waals surface area contributed by atoms with Crippen LogP contribution in [0, 0.1) is 0 Å². The minimum atomic E-state index is -0.140. The molecule has 4 rings (SSSR count). The van der Waals surface area contributed by atoms with Crippen molar-refractivity contribution in [2.24, 2.45) is 0 Å². The van der Waals surface area contributed by atoms with Crippen LogP contribution in [0.15, 0.2) is 67.0 Å². The Hall–Kier alpha value is -2.53. The van der Waals surface area contributed by atoms with Crippen LogP contribution in [0.25, 0.3) is 5.69 Å². The normalized spacial score (nSPS) is 17.3. The maximum Gasteiger partial charge on any atom is 0.238 e. The smallest absolute Gasteiger partial charge is 0.238 e. The number of aryl methyl sites for hydroxylation is 1. The number of nitrogens with one attached hydrogen (secondary N) is 1. The van der Waals surface area contributed by atoms with Gasteiger partial charge in [0.05, 0.1) is 11.7 Å². The Bertz CT molecular complexity index is 907. The van der Waals surface area contributed by atoms with Crippen LogP contribution in [0.1, 0.15) is 34.9 Å². The fourth-order valence-electron chi connectivity index (χ4n) is 3.45. The van der Waals surface area contributed by atoms with Crippen molar-refractivity contribution < 1.29 is 4.79 Å².